The molecule has 8 nitrogen and oxygen atoms in total. The summed E-state index contributed by atoms with van der Waals surface area (Å²) >= 11 is 6.33. The average Bonchev–Trinajstić information content (AvgIpc) is 3.29. The van der Waals surface area contributed by atoms with Crippen LogP contribution in [0.5, 0.6) is 5.75 Å². The lowest BCUT2D eigenvalue weighted by Crippen LogP contribution is -2.51. The van der Waals surface area contributed by atoms with E-state index >= 15 is 0 Å². The Morgan fingerprint density at radius 3 is 2.42 bits per heavy atom. The van der Waals surface area contributed by atoms with Crippen molar-refractivity contribution >= 4 is 34.3 Å². The van der Waals surface area contributed by atoms with Gasteiger partial charge in [-0.15, -0.1) is 0 Å². The molecule has 4 aromatic rings. The number of aryl methyl sites for hydroxylation is 2. The van der Waals surface area contributed by atoms with Crippen LogP contribution in [0.15, 0.2) is 48.5 Å². The molecule has 3 heterocycles. The number of rotatable bonds is 6. The maximum absolute atomic E-state index is 14.6. The van der Waals surface area contributed by atoms with E-state index in [0.29, 0.717) is 10.9 Å². The molecular weight excluding hydrogens is 592 g/mol. The highest BCUT2D eigenvalue weighted by Crippen LogP contribution is 2.47. The van der Waals surface area contributed by atoms with E-state index in [2.05, 4.69) is 15.3 Å². The van der Waals surface area contributed by atoms with Gasteiger partial charge in [-0.3, -0.25) is 14.6 Å². The predicted molar refractivity (Wildman–Crippen MR) is 150 cm³/mol. The zero-order chi connectivity index (χ0) is 31.5. The lowest BCUT2D eigenvalue weighted by atomic mass is 9.81. The second-order valence-corrected chi connectivity index (χ2v) is 11.1. The third-order valence-electron chi connectivity index (χ3n) is 7.71. The van der Waals surface area contributed by atoms with Crippen LogP contribution in [0.25, 0.3) is 22.2 Å². The summed E-state index contributed by atoms with van der Waals surface area (Å²) < 4.78 is 63.2. The molecule has 5 rings (SSSR count). The number of amides is 2. The molecule has 0 spiro atoms. The number of ether oxygens (including phenoxy) is 1. The smallest absolute Gasteiger partial charge is 0.424 e. The van der Waals surface area contributed by atoms with E-state index in [4.69, 9.17) is 22.1 Å². The number of nitrogens with two attached hydrogens (primary N) is 1. The monoisotopic (exact) mass is 616 g/mol. The quantitative estimate of drug-likeness (QED) is 0.261. The molecule has 2 amide bonds. The van der Waals surface area contributed by atoms with E-state index in [1.54, 1.807) is 13.0 Å². The maximum atomic E-state index is 14.6. The Morgan fingerprint density at radius 2 is 1.79 bits per heavy atom. The van der Waals surface area contributed by atoms with Gasteiger partial charge in [-0.2, -0.15) is 13.2 Å². The van der Waals surface area contributed by atoms with Crippen LogP contribution in [0.4, 0.5) is 17.6 Å². The van der Waals surface area contributed by atoms with Crippen molar-refractivity contribution in [3.8, 4) is 17.0 Å². The van der Waals surface area contributed by atoms with E-state index in [0.717, 1.165) is 29.5 Å². The van der Waals surface area contributed by atoms with Crippen molar-refractivity contribution in [3.63, 3.8) is 0 Å². The number of aliphatic hydroxyl groups is 1. The van der Waals surface area contributed by atoms with Gasteiger partial charge in [0, 0.05) is 27.8 Å². The van der Waals surface area contributed by atoms with Crippen molar-refractivity contribution < 1.29 is 37.0 Å². The lowest BCUT2D eigenvalue weighted by molar-refractivity contribution is -0.265. The number of fused-ring (bicyclic) bond motifs is 2. The Labute approximate surface area is 247 Å². The molecule has 2 aromatic carbocycles. The van der Waals surface area contributed by atoms with E-state index < -0.39 is 47.1 Å². The van der Waals surface area contributed by atoms with E-state index in [9.17, 15) is 32.3 Å². The number of benzene rings is 2. The van der Waals surface area contributed by atoms with Crippen molar-refractivity contribution in [2.45, 2.75) is 38.0 Å². The van der Waals surface area contributed by atoms with Gasteiger partial charge in [0.15, 0.2) is 0 Å². The molecule has 0 fully saturated rings. The number of nitrogens with one attached hydrogen (secondary N) is 1. The highest BCUT2D eigenvalue weighted by atomic mass is 35.5. The Balaban J connectivity index is 1.58. The van der Waals surface area contributed by atoms with Gasteiger partial charge >= 0.3 is 6.18 Å². The normalized spacial score (nSPS) is 17.7. The number of primary amides is 1. The number of hydrogen-bond acceptors (Lipinski definition) is 6. The second-order valence-electron chi connectivity index (χ2n) is 10.7. The number of nitrogens with zero attached hydrogens (tertiary/aromatic N) is 2. The first-order valence-electron chi connectivity index (χ1n) is 12.9. The van der Waals surface area contributed by atoms with Crippen molar-refractivity contribution in [3.05, 3.63) is 87.4 Å². The first-order valence-corrected chi connectivity index (χ1v) is 13.3. The topological polar surface area (TPSA) is 127 Å². The van der Waals surface area contributed by atoms with Crippen LogP contribution in [0.2, 0.25) is 5.02 Å². The fourth-order valence-corrected chi connectivity index (χ4v) is 5.09. The Hall–Kier alpha value is -4.29. The molecule has 1 aliphatic heterocycles. The van der Waals surface area contributed by atoms with Crippen LogP contribution in [0, 0.1) is 19.7 Å². The Bertz CT molecular complexity index is 1800. The van der Waals surface area contributed by atoms with Gasteiger partial charge in [-0.25, -0.2) is 9.37 Å². The first kappa shape index (κ1) is 30.2. The summed E-state index contributed by atoms with van der Waals surface area (Å²) in [5.41, 5.74) is 1.20. The predicted octanol–water partition coefficient (Wildman–Crippen LogP) is 5.02. The summed E-state index contributed by atoms with van der Waals surface area (Å²) in [6.45, 7) is 3.34. The lowest BCUT2D eigenvalue weighted by Gasteiger charge is -2.31. The first-order chi connectivity index (χ1) is 20.0. The standard InChI is InChI=1S/C30H25ClF4N4O4/c1-14-8-17-9-18(10-21(31)23(17)38-15(14)2)26(40)37-12-29(42,30(33,34)35)22-11-20-25(43-13-28(20,3)27(36)41)24(39-22)16-4-6-19(32)7-5-16/h4-11,42H,12-13H2,1-3H3,(H2,36,41)(H,37,40)/t28-,29?/m0/s1. The second kappa shape index (κ2) is 10.5. The molecule has 224 valence electrons. The molecular formula is C30H25ClF4N4O4. The van der Waals surface area contributed by atoms with Gasteiger partial charge in [0.25, 0.3) is 5.91 Å². The average molecular weight is 617 g/mol. The minimum atomic E-state index is -5.36. The van der Waals surface area contributed by atoms with Gasteiger partial charge in [0.2, 0.25) is 11.5 Å². The summed E-state index contributed by atoms with van der Waals surface area (Å²) in [4.78, 5) is 34.0. The van der Waals surface area contributed by atoms with E-state index in [1.807, 2.05) is 6.92 Å². The molecule has 0 radical (unpaired) electrons. The minimum absolute atomic E-state index is 0.0323. The molecule has 0 saturated carbocycles. The molecule has 43 heavy (non-hydrogen) atoms. The number of hydrogen-bond donors (Lipinski definition) is 3. The number of aromatic nitrogens is 2. The third kappa shape index (κ3) is 5.14. The van der Waals surface area contributed by atoms with Crippen LogP contribution in [0.1, 0.15) is 39.8 Å². The van der Waals surface area contributed by atoms with Crippen molar-refractivity contribution in [1.29, 1.82) is 0 Å². The van der Waals surface area contributed by atoms with Crippen LogP contribution < -0.4 is 15.8 Å². The van der Waals surface area contributed by atoms with Gasteiger partial charge in [-0.1, -0.05) is 11.6 Å². The fraction of sp³-hybridized carbons (Fsp3) is 0.267. The molecule has 0 bridgehead atoms. The molecule has 1 unspecified atom stereocenters. The zero-order valence-corrected chi connectivity index (χ0v) is 23.8. The largest absolute Gasteiger partial charge is 0.489 e. The number of halogens is 5. The van der Waals surface area contributed by atoms with Crippen molar-refractivity contribution in [2.24, 2.45) is 5.73 Å². The van der Waals surface area contributed by atoms with Gasteiger partial charge in [-0.05, 0) is 74.9 Å². The van der Waals surface area contributed by atoms with Crippen molar-refractivity contribution in [2.75, 3.05) is 13.2 Å². The molecule has 0 aliphatic carbocycles. The van der Waals surface area contributed by atoms with Crippen molar-refractivity contribution in [1.82, 2.24) is 15.3 Å². The van der Waals surface area contributed by atoms with Gasteiger partial charge in [0.05, 0.1) is 22.8 Å². The Morgan fingerprint density at radius 1 is 1.12 bits per heavy atom. The van der Waals surface area contributed by atoms with Crippen LogP contribution in [-0.4, -0.2) is 46.2 Å². The fourth-order valence-electron chi connectivity index (χ4n) is 4.82. The van der Waals surface area contributed by atoms with Gasteiger partial charge in [0.1, 0.15) is 29.3 Å². The van der Waals surface area contributed by atoms with E-state index in [-0.39, 0.29) is 39.8 Å². The summed E-state index contributed by atoms with van der Waals surface area (Å²) in [5, 5.41) is 14.0. The minimum Gasteiger partial charge on any atom is -0.489 e. The number of alkyl halides is 3. The molecule has 0 saturated heterocycles. The zero-order valence-electron chi connectivity index (χ0n) is 23.1. The summed E-state index contributed by atoms with van der Waals surface area (Å²) in [6, 6.07) is 10.0. The van der Waals surface area contributed by atoms with Gasteiger partial charge < -0.3 is 20.9 Å². The SMILES string of the molecule is Cc1cc2cc(C(=O)NCC(O)(c3cc4c(c(-c5ccc(F)cc5)n3)OC[C@]4(C)C(N)=O)C(F)(F)F)cc(Cl)c2nc1C. The summed E-state index contributed by atoms with van der Waals surface area (Å²) in [7, 11) is 0. The number of carbonyl (C=O) groups excluding carboxylic acids is 2. The summed E-state index contributed by atoms with van der Waals surface area (Å²) in [6.07, 6.45) is -5.36. The maximum Gasteiger partial charge on any atom is 0.424 e. The number of pyridine rings is 2. The molecule has 4 N–H and O–H groups in total. The highest BCUT2D eigenvalue weighted by molar-refractivity contribution is 6.35. The Kier molecular flexibility index (Phi) is 7.34. The molecule has 1 aliphatic rings. The summed E-state index contributed by atoms with van der Waals surface area (Å²) in [5.74, 6) is -2.47. The molecule has 2 atom stereocenters. The molecule has 13 heteroatoms. The van der Waals surface area contributed by atoms with Crippen LogP contribution in [-0.2, 0) is 15.8 Å². The highest BCUT2D eigenvalue weighted by Gasteiger charge is 2.57. The number of carbonyl (C=O) groups is 2. The molecule has 2 aromatic heterocycles. The van der Waals surface area contributed by atoms with E-state index in [1.165, 1.54) is 31.2 Å². The van der Waals surface area contributed by atoms with Crippen LogP contribution >= 0.6 is 11.6 Å². The van der Waals surface area contributed by atoms with Crippen LogP contribution in [0.3, 0.4) is 0 Å². The third-order valence-corrected chi connectivity index (χ3v) is 8.00.